The molecule has 2 heterocycles. The zero-order chi connectivity index (χ0) is 32.9. The Kier molecular flexibility index (Phi) is 12.9. The lowest BCUT2D eigenvalue weighted by Crippen LogP contribution is -2.42. The number of hydrogen-bond acceptors (Lipinski definition) is 6. The van der Waals surface area contributed by atoms with E-state index in [2.05, 4.69) is 43.0 Å². The van der Waals surface area contributed by atoms with Crippen LogP contribution in [0, 0.1) is 0 Å². The molecule has 4 rings (SSSR count). The van der Waals surface area contributed by atoms with E-state index in [1.54, 1.807) is 18.5 Å². The van der Waals surface area contributed by atoms with Crippen LogP contribution in [0.3, 0.4) is 0 Å². The third kappa shape index (κ3) is 10.5. The number of rotatable bonds is 17. The molecule has 0 spiro atoms. The molecule has 4 aromatic rings. The first-order valence-corrected chi connectivity index (χ1v) is 17.2. The van der Waals surface area contributed by atoms with Crippen molar-refractivity contribution in [2.24, 2.45) is 0 Å². The number of benzene rings is 2. The summed E-state index contributed by atoms with van der Waals surface area (Å²) in [6.07, 6.45) is 14.0. The van der Waals surface area contributed by atoms with Crippen molar-refractivity contribution < 1.29 is 19.4 Å². The maximum atomic E-state index is 12.8. The molecule has 1 unspecified atom stereocenters. The van der Waals surface area contributed by atoms with Gasteiger partial charge in [-0.2, -0.15) is 0 Å². The van der Waals surface area contributed by atoms with Crippen LogP contribution in [0.1, 0.15) is 99.2 Å². The van der Waals surface area contributed by atoms with Crippen LogP contribution in [0.2, 0.25) is 0 Å². The topological polar surface area (TPSA) is 101 Å². The molecule has 0 saturated carbocycles. The molecule has 244 valence electrons. The molecule has 0 saturated heterocycles. The molecule has 8 heteroatoms. The van der Waals surface area contributed by atoms with E-state index in [-0.39, 0.29) is 17.7 Å². The van der Waals surface area contributed by atoms with Gasteiger partial charge in [0.05, 0.1) is 11.5 Å². The molecule has 2 N–H and O–H groups in total. The predicted molar refractivity (Wildman–Crippen MR) is 187 cm³/mol. The zero-order valence-corrected chi connectivity index (χ0v) is 28.4. The van der Waals surface area contributed by atoms with E-state index in [4.69, 9.17) is 4.74 Å². The van der Waals surface area contributed by atoms with E-state index >= 15 is 0 Å². The van der Waals surface area contributed by atoms with Gasteiger partial charge in [-0.25, -0.2) is 14.8 Å². The van der Waals surface area contributed by atoms with Crippen LogP contribution in [0.25, 0.3) is 22.5 Å². The number of ether oxygens (including phenoxy) is 1. The number of thiophene rings is 1. The van der Waals surface area contributed by atoms with E-state index in [1.165, 1.54) is 56.3 Å². The standard InChI is InChI=1S/C38H47N3O4S/c1-5-6-7-8-9-10-11-12-23-45-31-19-17-28(18-20-31)30-25-39-35(40-26-30)29-15-13-27(14-16-29)24-32(37(43)44)41-36(42)33-21-22-34(46-33)38(2,3)4/h13-22,25-26,32H,5-12,23-24H2,1-4H3,(H,41,42)(H,43,44). The smallest absolute Gasteiger partial charge is 0.326 e. The number of carboxylic acids is 1. The van der Waals surface area contributed by atoms with Gasteiger partial charge in [0, 0.05) is 34.8 Å². The first-order chi connectivity index (χ1) is 22.1. The lowest BCUT2D eigenvalue weighted by Gasteiger charge is -2.16. The van der Waals surface area contributed by atoms with Gasteiger partial charge in [0.15, 0.2) is 5.82 Å². The van der Waals surface area contributed by atoms with Gasteiger partial charge in [-0.15, -0.1) is 11.3 Å². The van der Waals surface area contributed by atoms with Gasteiger partial charge >= 0.3 is 5.97 Å². The SMILES string of the molecule is CCCCCCCCCCOc1ccc(-c2cnc(-c3ccc(CC(NC(=O)c4ccc(C(C)(C)C)s4)C(=O)O)cc3)nc2)cc1. The fourth-order valence-electron chi connectivity index (χ4n) is 5.11. The monoisotopic (exact) mass is 641 g/mol. The molecule has 7 nitrogen and oxygen atoms in total. The maximum Gasteiger partial charge on any atom is 0.326 e. The quantitative estimate of drug-likeness (QED) is 0.112. The van der Waals surface area contributed by atoms with Crippen LogP contribution in [0.4, 0.5) is 0 Å². The molecule has 1 atom stereocenters. The number of carboxylic acid groups (broad SMARTS) is 1. The van der Waals surface area contributed by atoms with Crippen molar-refractivity contribution in [1.82, 2.24) is 15.3 Å². The number of hydrogen-bond donors (Lipinski definition) is 2. The number of nitrogens with one attached hydrogen (secondary N) is 1. The second-order valence-electron chi connectivity index (χ2n) is 12.8. The van der Waals surface area contributed by atoms with E-state index in [1.807, 2.05) is 54.6 Å². The van der Waals surface area contributed by atoms with E-state index in [0.29, 0.717) is 10.7 Å². The number of amides is 1. The van der Waals surface area contributed by atoms with E-state index in [0.717, 1.165) is 45.9 Å². The van der Waals surface area contributed by atoms with Gasteiger partial charge in [0.25, 0.3) is 5.91 Å². The fourth-order valence-corrected chi connectivity index (χ4v) is 6.08. The lowest BCUT2D eigenvalue weighted by atomic mass is 9.95. The Bertz CT molecular complexity index is 1520. The van der Waals surface area contributed by atoms with Crippen molar-refractivity contribution in [2.75, 3.05) is 6.61 Å². The highest BCUT2D eigenvalue weighted by molar-refractivity contribution is 7.14. The zero-order valence-electron chi connectivity index (χ0n) is 27.6. The largest absolute Gasteiger partial charge is 0.494 e. The van der Waals surface area contributed by atoms with E-state index in [9.17, 15) is 14.7 Å². The summed E-state index contributed by atoms with van der Waals surface area (Å²) in [7, 11) is 0. The summed E-state index contributed by atoms with van der Waals surface area (Å²) in [4.78, 5) is 35.5. The van der Waals surface area contributed by atoms with Crippen molar-refractivity contribution in [3.8, 4) is 28.3 Å². The van der Waals surface area contributed by atoms with Crippen molar-refractivity contribution in [3.05, 3.63) is 88.4 Å². The van der Waals surface area contributed by atoms with E-state index < -0.39 is 12.0 Å². The lowest BCUT2D eigenvalue weighted by molar-refractivity contribution is -0.139. The first kappa shape index (κ1) is 34.8. The highest BCUT2D eigenvalue weighted by Gasteiger charge is 2.24. The van der Waals surface area contributed by atoms with Crippen molar-refractivity contribution in [1.29, 1.82) is 0 Å². The third-order valence-electron chi connectivity index (χ3n) is 7.93. The molecular weight excluding hydrogens is 595 g/mol. The molecule has 0 bridgehead atoms. The minimum atomic E-state index is -1.08. The average Bonchev–Trinajstić information content (AvgIpc) is 3.56. The minimum Gasteiger partial charge on any atom is -0.494 e. The van der Waals surface area contributed by atoms with Gasteiger partial charge in [-0.3, -0.25) is 4.79 Å². The van der Waals surface area contributed by atoms with Crippen molar-refractivity contribution in [3.63, 3.8) is 0 Å². The number of nitrogens with zero attached hydrogens (tertiary/aromatic N) is 2. The second kappa shape index (κ2) is 17.0. The van der Waals surface area contributed by atoms with Gasteiger partial charge in [-0.1, -0.05) is 109 Å². The summed E-state index contributed by atoms with van der Waals surface area (Å²) in [6.45, 7) is 9.23. The number of carbonyl (C=O) groups is 2. The fraction of sp³-hybridized carbons (Fsp3) is 0.421. The molecule has 2 aromatic carbocycles. The van der Waals surface area contributed by atoms with Gasteiger partial charge in [0.1, 0.15) is 11.8 Å². The van der Waals surface area contributed by atoms with Crippen molar-refractivity contribution >= 4 is 23.2 Å². The average molecular weight is 642 g/mol. The maximum absolute atomic E-state index is 12.8. The molecule has 0 radical (unpaired) electrons. The number of carbonyl (C=O) groups excluding carboxylic acids is 1. The molecule has 46 heavy (non-hydrogen) atoms. The Morgan fingerprint density at radius 1 is 0.804 bits per heavy atom. The molecule has 0 aliphatic carbocycles. The Morgan fingerprint density at radius 2 is 1.41 bits per heavy atom. The van der Waals surface area contributed by atoms with Crippen LogP contribution >= 0.6 is 11.3 Å². The molecule has 1 amide bonds. The normalized spacial score (nSPS) is 12.1. The summed E-state index contributed by atoms with van der Waals surface area (Å²) >= 11 is 1.39. The van der Waals surface area contributed by atoms with Crippen LogP contribution in [0.5, 0.6) is 5.75 Å². The molecule has 0 aliphatic heterocycles. The Hall–Kier alpha value is -4.04. The first-order valence-electron chi connectivity index (χ1n) is 16.4. The van der Waals surface area contributed by atoms with Gasteiger partial charge < -0.3 is 15.2 Å². The second-order valence-corrected chi connectivity index (χ2v) is 13.9. The molecule has 2 aromatic heterocycles. The number of unbranched alkanes of at least 4 members (excludes halogenated alkanes) is 7. The van der Waals surface area contributed by atoms with Gasteiger partial charge in [-0.05, 0) is 47.2 Å². The molecule has 0 aliphatic rings. The number of aromatic nitrogens is 2. The Morgan fingerprint density at radius 3 is 2.00 bits per heavy atom. The third-order valence-corrected chi connectivity index (χ3v) is 9.44. The Labute approximate surface area is 277 Å². The molecule has 0 fully saturated rings. The summed E-state index contributed by atoms with van der Waals surface area (Å²) < 4.78 is 5.93. The highest BCUT2D eigenvalue weighted by Crippen LogP contribution is 2.29. The van der Waals surface area contributed by atoms with Crippen LogP contribution in [-0.2, 0) is 16.6 Å². The van der Waals surface area contributed by atoms with Crippen LogP contribution < -0.4 is 10.1 Å². The summed E-state index contributed by atoms with van der Waals surface area (Å²) in [6, 6.07) is 18.1. The minimum absolute atomic E-state index is 0.0752. The van der Waals surface area contributed by atoms with Crippen LogP contribution in [-0.4, -0.2) is 39.6 Å². The molecular formula is C38H47N3O4S. The summed E-state index contributed by atoms with van der Waals surface area (Å²) in [5, 5.41) is 12.5. The van der Waals surface area contributed by atoms with Gasteiger partial charge in [0.2, 0.25) is 0 Å². The highest BCUT2D eigenvalue weighted by atomic mass is 32.1. The Balaban J connectivity index is 1.26. The van der Waals surface area contributed by atoms with Crippen molar-refractivity contribution in [2.45, 2.75) is 96.9 Å². The summed E-state index contributed by atoms with van der Waals surface area (Å²) in [5.41, 5.74) is 3.47. The predicted octanol–water partition coefficient (Wildman–Crippen LogP) is 9.11. The summed E-state index contributed by atoms with van der Waals surface area (Å²) in [5.74, 6) is -0.00250. The number of aliphatic carboxylic acids is 1. The van der Waals surface area contributed by atoms with Crippen LogP contribution in [0.15, 0.2) is 73.1 Å².